The Labute approximate surface area is 225 Å². The van der Waals surface area contributed by atoms with E-state index >= 15 is 0 Å². The smallest absolute Gasteiger partial charge is 0.348 e. The van der Waals surface area contributed by atoms with Gasteiger partial charge in [0.1, 0.15) is 11.6 Å². The molecule has 198 valence electrons. The lowest BCUT2D eigenvalue weighted by Gasteiger charge is -2.39. The van der Waals surface area contributed by atoms with Crippen molar-refractivity contribution in [3.63, 3.8) is 0 Å². The van der Waals surface area contributed by atoms with Crippen LogP contribution in [0.25, 0.3) is 0 Å². The highest BCUT2D eigenvalue weighted by molar-refractivity contribution is 8.93. The van der Waals surface area contributed by atoms with E-state index in [1.54, 1.807) is 30.0 Å². The van der Waals surface area contributed by atoms with E-state index in [1.165, 1.54) is 12.1 Å². The van der Waals surface area contributed by atoms with Gasteiger partial charge in [0.25, 0.3) is 5.91 Å². The van der Waals surface area contributed by atoms with Crippen molar-refractivity contribution >= 4 is 40.5 Å². The third-order valence-electron chi connectivity index (χ3n) is 6.18. The van der Waals surface area contributed by atoms with Gasteiger partial charge in [-0.15, -0.1) is 17.0 Å². The first-order chi connectivity index (χ1) is 16.9. The van der Waals surface area contributed by atoms with E-state index in [4.69, 9.17) is 25.4 Å². The Balaban J connectivity index is 0.00000380. The Morgan fingerprint density at radius 3 is 2.46 bits per heavy atom. The lowest BCUT2D eigenvalue weighted by molar-refractivity contribution is -0.156. The van der Waals surface area contributed by atoms with Crippen molar-refractivity contribution in [1.29, 1.82) is 5.41 Å². The second-order valence-corrected chi connectivity index (χ2v) is 9.87. The van der Waals surface area contributed by atoms with Crippen LogP contribution in [0.5, 0.6) is 17.2 Å². The third kappa shape index (κ3) is 5.41. The van der Waals surface area contributed by atoms with Crippen molar-refractivity contribution in [3.05, 3.63) is 52.6 Å². The van der Waals surface area contributed by atoms with Crippen molar-refractivity contribution in [2.24, 2.45) is 11.1 Å². The molecule has 11 heteroatoms. The van der Waals surface area contributed by atoms with Crippen molar-refractivity contribution in [2.45, 2.75) is 46.4 Å². The summed E-state index contributed by atoms with van der Waals surface area (Å²) in [5.41, 5.74) is 6.73. The molecule has 2 aromatic carbocycles. The number of amides is 1. The summed E-state index contributed by atoms with van der Waals surface area (Å²) >= 11 is 0. The number of nitrogens with one attached hydrogen (secondary N) is 1. The van der Waals surface area contributed by atoms with E-state index in [9.17, 15) is 19.5 Å². The number of aliphatic carboxylic acids is 1. The maximum Gasteiger partial charge on any atom is 0.348 e. The minimum atomic E-state index is -1.22. The number of carbonyl (C=O) groups excluding carboxylic acids is 2. The number of hydrogen-bond donors (Lipinski definition) is 3. The van der Waals surface area contributed by atoms with Gasteiger partial charge in [-0.1, -0.05) is 20.8 Å². The number of Topliss-reactive ketones (excluding diaryl/α,β-unsaturated/α-hetero) is 1. The van der Waals surface area contributed by atoms with Gasteiger partial charge in [0.05, 0.1) is 18.7 Å². The lowest BCUT2D eigenvalue weighted by atomic mass is 9.85. The standard InChI is InChI=1S/C26H29N3O7.BrH/c1-5-34-19-9-14-11-29(23(27)15(14)10-16(19)24(28)31)12-17(30)13-6-7-18-20(8-13)35-21(25(32)33)22(36-18)26(2,3)4;/h6-10,21-22,27H,5,11-12H2,1-4H3,(H2,28,31)(H,32,33);1H. The highest BCUT2D eigenvalue weighted by Gasteiger charge is 2.44. The number of hydrogen-bond acceptors (Lipinski definition) is 7. The first-order valence-corrected chi connectivity index (χ1v) is 11.6. The summed E-state index contributed by atoms with van der Waals surface area (Å²) in [5, 5.41) is 18.2. The second kappa shape index (κ2) is 10.4. The van der Waals surface area contributed by atoms with E-state index in [0.29, 0.717) is 29.2 Å². The van der Waals surface area contributed by atoms with E-state index in [1.807, 2.05) is 20.8 Å². The Bertz CT molecular complexity index is 1270. The number of nitrogens with zero attached hydrogens (tertiary/aromatic N) is 1. The fourth-order valence-electron chi connectivity index (χ4n) is 4.37. The SMILES string of the molecule is Br.CCOc1cc2c(cc1C(N)=O)C(=N)N(CC(=O)c1ccc3c(c1)OC(C(=O)O)C(C(C)(C)C)O3)C2. The second-order valence-electron chi connectivity index (χ2n) is 9.87. The molecule has 2 aliphatic rings. The molecule has 37 heavy (non-hydrogen) atoms. The maximum atomic E-state index is 13.1. The zero-order chi connectivity index (χ0) is 26.4. The van der Waals surface area contributed by atoms with Crippen LogP contribution in [0.1, 0.15) is 59.5 Å². The van der Waals surface area contributed by atoms with Crippen molar-refractivity contribution in [2.75, 3.05) is 13.2 Å². The summed E-state index contributed by atoms with van der Waals surface area (Å²) in [6, 6.07) is 7.86. The molecule has 2 aliphatic heterocycles. The van der Waals surface area contributed by atoms with Gasteiger partial charge in [-0.05, 0) is 42.8 Å². The van der Waals surface area contributed by atoms with E-state index in [0.717, 1.165) is 5.56 Å². The molecular formula is C26H30BrN3O7. The first-order valence-electron chi connectivity index (χ1n) is 11.6. The van der Waals surface area contributed by atoms with Gasteiger partial charge in [0.2, 0.25) is 6.10 Å². The average molecular weight is 576 g/mol. The van der Waals surface area contributed by atoms with Crippen molar-refractivity contribution < 1.29 is 33.7 Å². The quantitative estimate of drug-likeness (QED) is 0.424. The van der Waals surface area contributed by atoms with Gasteiger partial charge in [-0.2, -0.15) is 0 Å². The fraction of sp³-hybridized carbons (Fsp3) is 0.385. The van der Waals surface area contributed by atoms with Crippen LogP contribution in [0.4, 0.5) is 0 Å². The molecule has 0 radical (unpaired) electrons. The topological polar surface area (TPSA) is 152 Å². The number of carboxylic acid groups (broad SMARTS) is 1. The van der Waals surface area contributed by atoms with Crippen molar-refractivity contribution in [1.82, 2.24) is 4.90 Å². The Hall–Kier alpha value is -3.60. The summed E-state index contributed by atoms with van der Waals surface area (Å²) in [7, 11) is 0. The monoisotopic (exact) mass is 575 g/mol. The van der Waals surface area contributed by atoms with Crippen LogP contribution >= 0.6 is 17.0 Å². The number of nitrogens with two attached hydrogens (primary N) is 1. The zero-order valence-electron chi connectivity index (χ0n) is 21.0. The molecular weight excluding hydrogens is 546 g/mol. The normalized spacial score (nSPS) is 18.1. The molecule has 2 atom stereocenters. The maximum absolute atomic E-state index is 13.1. The van der Waals surface area contributed by atoms with Crippen molar-refractivity contribution in [3.8, 4) is 17.2 Å². The number of primary amides is 1. The minimum absolute atomic E-state index is 0. The largest absolute Gasteiger partial charge is 0.493 e. The molecule has 0 aliphatic carbocycles. The predicted octanol–water partition coefficient (Wildman–Crippen LogP) is 3.43. The summed E-state index contributed by atoms with van der Waals surface area (Å²) < 4.78 is 17.2. The summed E-state index contributed by atoms with van der Waals surface area (Å²) in [4.78, 5) is 38.4. The highest BCUT2D eigenvalue weighted by atomic mass is 79.9. The van der Waals surface area contributed by atoms with Gasteiger partial charge in [-0.25, -0.2) is 4.79 Å². The molecule has 0 bridgehead atoms. The first kappa shape index (κ1) is 28.0. The number of ketones is 1. The molecule has 2 unspecified atom stereocenters. The van der Waals surface area contributed by atoms with Gasteiger partial charge >= 0.3 is 5.97 Å². The van der Waals surface area contributed by atoms with Crippen LogP contribution < -0.4 is 19.9 Å². The number of benzene rings is 2. The molecule has 0 fully saturated rings. The summed E-state index contributed by atoms with van der Waals surface area (Å²) in [5.74, 6) is -1.10. The van der Waals surface area contributed by atoms with E-state index in [-0.39, 0.29) is 53.0 Å². The molecule has 4 N–H and O–H groups in total. The zero-order valence-corrected chi connectivity index (χ0v) is 22.7. The van der Waals surface area contributed by atoms with Crippen LogP contribution in [0, 0.1) is 10.8 Å². The fourth-order valence-corrected chi connectivity index (χ4v) is 4.37. The van der Waals surface area contributed by atoms with Crippen LogP contribution in [-0.4, -0.2) is 58.9 Å². The third-order valence-corrected chi connectivity index (χ3v) is 6.18. The molecule has 2 heterocycles. The number of amidine groups is 1. The van der Waals surface area contributed by atoms with Crippen LogP contribution in [0.2, 0.25) is 0 Å². The minimum Gasteiger partial charge on any atom is -0.493 e. The Morgan fingerprint density at radius 2 is 1.86 bits per heavy atom. The van der Waals surface area contributed by atoms with Crippen LogP contribution in [-0.2, 0) is 11.3 Å². The van der Waals surface area contributed by atoms with Gasteiger partial charge in [0, 0.05) is 23.1 Å². The highest BCUT2D eigenvalue weighted by Crippen LogP contribution is 2.40. The molecule has 10 nitrogen and oxygen atoms in total. The molecule has 4 rings (SSSR count). The van der Waals surface area contributed by atoms with E-state index in [2.05, 4.69) is 0 Å². The molecule has 1 amide bonds. The average Bonchev–Trinajstić information content (AvgIpc) is 3.10. The van der Waals surface area contributed by atoms with Gasteiger partial charge in [0.15, 0.2) is 23.4 Å². The Kier molecular flexibility index (Phi) is 7.87. The molecule has 0 aromatic heterocycles. The molecule has 0 saturated heterocycles. The van der Waals surface area contributed by atoms with E-state index < -0.39 is 29.5 Å². The molecule has 0 saturated carbocycles. The van der Waals surface area contributed by atoms with Crippen LogP contribution in [0.15, 0.2) is 30.3 Å². The number of ether oxygens (including phenoxy) is 3. The van der Waals surface area contributed by atoms with Crippen LogP contribution in [0.3, 0.4) is 0 Å². The Morgan fingerprint density at radius 1 is 1.16 bits per heavy atom. The number of carbonyl (C=O) groups is 3. The number of fused-ring (bicyclic) bond motifs is 2. The number of halogens is 1. The van der Waals surface area contributed by atoms with Gasteiger partial charge in [-0.3, -0.25) is 15.0 Å². The molecule has 0 spiro atoms. The summed E-state index contributed by atoms with van der Waals surface area (Å²) in [6.07, 6.45) is -1.93. The lowest BCUT2D eigenvalue weighted by Crippen LogP contribution is -2.51. The number of carboxylic acids is 1. The van der Waals surface area contributed by atoms with Gasteiger partial charge < -0.3 is 30.0 Å². The predicted molar refractivity (Wildman–Crippen MR) is 140 cm³/mol. The number of rotatable bonds is 7. The molecule has 2 aromatic rings. The summed E-state index contributed by atoms with van der Waals surface area (Å²) in [6.45, 7) is 7.93.